The maximum atomic E-state index is 3.51. The van der Waals surface area contributed by atoms with Crippen LogP contribution in [0.4, 0.5) is 0 Å². The van der Waals surface area contributed by atoms with Gasteiger partial charge in [-0.1, -0.05) is 106 Å². The van der Waals surface area contributed by atoms with E-state index < -0.39 is 0 Å². The average Bonchev–Trinajstić information content (AvgIpc) is 2.89. The molecule has 0 saturated heterocycles. The standard InChI is InChI=1S/C32H53BrN2/c1-2-3-4-5-6-7-8-9-10-11-12-13-15-18-25-34-27-20-31(21-28-34)32-22-29-35(30-23-32)26-19-16-14-17-24-33/h20-23,27-30H,2-19,24-26H2,1H3/q+2. The second-order valence-corrected chi connectivity index (χ2v) is 11.1. The number of halogens is 1. The summed E-state index contributed by atoms with van der Waals surface area (Å²) in [5.74, 6) is 0. The van der Waals surface area contributed by atoms with E-state index in [0.29, 0.717) is 0 Å². The maximum absolute atomic E-state index is 3.51. The van der Waals surface area contributed by atoms with E-state index in [1.807, 2.05) is 0 Å². The van der Waals surface area contributed by atoms with Crippen molar-refractivity contribution in [1.29, 1.82) is 0 Å². The fourth-order valence-corrected chi connectivity index (χ4v) is 5.23. The zero-order valence-electron chi connectivity index (χ0n) is 22.7. The lowest BCUT2D eigenvalue weighted by atomic mass is 10.0. The zero-order chi connectivity index (χ0) is 24.8. The van der Waals surface area contributed by atoms with Crippen molar-refractivity contribution in [2.75, 3.05) is 5.33 Å². The second kappa shape index (κ2) is 20.9. The Labute approximate surface area is 225 Å². The van der Waals surface area contributed by atoms with Crippen LogP contribution >= 0.6 is 15.9 Å². The molecule has 0 aliphatic heterocycles. The first kappa shape index (κ1) is 30.0. The Hall–Kier alpha value is -1.22. The van der Waals surface area contributed by atoms with Crippen molar-refractivity contribution >= 4 is 15.9 Å². The van der Waals surface area contributed by atoms with Crippen LogP contribution in [-0.4, -0.2) is 5.33 Å². The molecule has 0 unspecified atom stereocenters. The van der Waals surface area contributed by atoms with E-state index in [2.05, 4.69) is 81.0 Å². The Bertz CT molecular complexity index is 726. The Kier molecular flexibility index (Phi) is 17.9. The van der Waals surface area contributed by atoms with Gasteiger partial charge in [0.05, 0.1) is 0 Å². The molecule has 0 aliphatic carbocycles. The van der Waals surface area contributed by atoms with Gasteiger partial charge in [-0.15, -0.1) is 0 Å². The van der Waals surface area contributed by atoms with Gasteiger partial charge in [-0.2, -0.15) is 0 Å². The number of rotatable bonds is 22. The highest BCUT2D eigenvalue weighted by Crippen LogP contribution is 2.16. The number of hydrogen-bond acceptors (Lipinski definition) is 0. The molecule has 0 N–H and O–H groups in total. The van der Waals surface area contributed by atoms with Crippen LogP contribution in [-0.2, 0) is 13.1 Å². The molecule has 196 valence electrons. The molecule has 0 aliphatic rings. The van der Waals surface area contributed by atoms with E-state index in [1.165, 1.54) is 127 Å². The molecular formula is C32H53BrN2+2. The van der Waals surface area contributed by atoms with Crippen molar-refractivity contribution in [1.82, 2.24) is 0 Å². The first-order valence-electron chi connectivity index (χ1n) is 14.9. The van der Waals surface area contributed by atoms with Crippen LogP contribution in [0.25, 0.3) is 11.1 Å². The summed E-state index contributed by atoms with van der Waals surface area (Å²) in [7, 11) is 0. The predicted octanol–water partition coefficient (Wildman–Crippen LogP) is 9.37. The molecule has 0 atom stereocenters. The molecule has 2 aromatic rings. The third-order valence-corrected chi connectivity index (χ3v) is 7.75. The number of alkyl halides is 1. The van der Waals surface area contributed by atoms with Crippen LogP contribution in [0.3, 0.4) is 0 Å². The van der Waals surface area contributed by atoms with Crippen molar-refractivity contribution in [2.45, 2.75) is 136 Å². The molecule has 0 spiro atoms. The van der Waals surface area contributed by atoms with E-state index in [-0.39, 0.29) is 0 Å². The van der Waals surface area contributed by atoms with E-state index in [1.54, 1.807) is 0 Å². The molecule has 0 radical (unpaired) electrons. The van der Waals surface area contributed by atoms with Gasteiger partial charge in [0.1, 0.15) is 13.1 Å². The summed E-state index contributed by atoms with van der Waals surface area (Å²) in [6.45, 7) is 4.56. The Morgan fingerprint density at radius 1 is 0.457 bits per heavy atom. The number of aromatic nitrogens is 2. The summed E-state index contributed by atoms with van der Waals surface area (Å²) in [5, 5.41) is 1.13. The summed E-state index contributed by atoms with van der Waals surface area (Å²) < 4.78 is 4.66. The fourth-order valence-electron chi connectivity index (χ4n) is 4.83. The fraction of sp³-hybridized carbons (Fsp3) is 0.688. The number of hydrogen-bond donors (Lipinski definition) is 0. The number of nitrogens with zero attached hydrogens (tertiary/aromatic N) is 2. The minimum atomic E-state index is 1.12. The third kappa shape index (κ3) is 14.8. The van der Waals surface area contributed by atoms with Crippen molar-refractivity contribution in [3.8, 4) is 11.1 Å². The largest absolute Gasteiger partial charge is 0.205 e. The van der Waals surface area contributed by atoms with Gasteiger partial charge in [-0.05, 0) is 30.4 Å². The molecule has 0 saturated carbocycles. The van der Waals surface area contributed by atoms with Gasteiger partial charge < -0.3 is 0 Å². The quantitative estimate of drug-likeness (QED) is 0.0791. The van der Waals surface area contributed by atoms with E-state index in [9.17, 15) is 0 Å². The van der Waals surface area contributed by atoms with Gasteiger partial charge >= 0.3 is 0 Å². The molecule has 2 nitrogen and oxygen atoms in total. The summed E-state index contributed by atoms with van der Waals surface area (Å²) in [5.41, 5.74) is 2.62. The minimum absolute atomic E-state index is 1.12. The summed E-state index contributed by atoms with van der Waals surface area (Å²) in [4.78, 5) is 0. The van der Waals surface area contributed by atoms with E-state index in [0.717, 1.165) is 18.4 Å². The SMILES string of the molecule is CCCCCCCCCCCCCCCC[n+]1ccc(-c2cc[n+](CCCCCCBr)cc2)cc1. The molecule has 0 aromatic carbocycles. The van der Waals surface area contributed by atoms with Crippen molar-refractivity contribution in [3.63, 3.8) is 0 Å². The Morgan fingerprint density at radius 3 is 1.11 bits per heavy atom. The van der Waals surface area contributed by atoms with Gasteiger partial charge in [0, 0.05) is 42.4 Å². The minimum Gasteiger partial charge on any atom is -0.205 e. The van der Waals surface area contributed by atoms with E-state index >= 15 is 0 Å². The van der Waals surface area contributed by atoms with Crippen LogP contribution < -0.4 is 9.13 Å². The van der Waals surface area contributed by atoms with Crippen molar-refractivity contribution in [2.24, 2.45) is 0 Å². The topological polar surface area (TPSA) is 7.76 Å². The molecule has 2 heterocycles. The lowest BCUT2D eigenvalue weighted by Crippen LogP contribution is -2.33. The highest BCUT2D eigenvalue weighted by molar-refractivity contribution is 9.09. The van der Waals surface area contributed by atoms with E-state index in [4.69, 9.17) is 0 Å². The first-order valence-corrected chi connectivity index (χ1v) is 16.0. The highest BCUT2D eigenvalue weighted by atomic mass is 79.9. The average molecular weight is 546 g/mol. The lowest BCUT2D eigenvalue weighted by molar-refractivity contribution is -0.697. The van der Waals surface area contributed by atoms with Gasteiger partial charge in [0.25, 0.3) is 0 Å². The van der Waals surface area contributed by atoms with Crippen LogP contribution in [0, 0.1) is 0 Å². The third-order valence-electron chi connectivity index (χ3n) is 7.19. The van der Waals surface area contributed by atoms with Gasteiger partial charge in [-0.25, -0.2) is 9.13 Å². The first-order chi connectivity index (χ1) is 17.3. The van der Waals surface area contributed by atoms with Gasteiger partial charge in [-0.3, -0.25) is 0 Å². The molecule has 2 aromatic heterocycles. The Balaban J connectivity index is 1.50. The van der Waals surface area contributed by atoms with Crippen LogP contribution in [0.2, 0.25) is 0 Å². The van der Waals surface area contributed by atoms with Crippen LogP contribution in [0.5, 0.6) is 0 Å². The molecular weight excluding hydrogens is 492 g/mol. The maximum Gasteiger partial charge on any atom is 0.169 e. The normalized spacial score (nSPS) is 11.3. The molecule has 3 heteroatoms. The predicted molar refractivity (Wildman–Crippen MR) is 155 cm³/mol. The lowest BCUT2D eigenvalue weighted by Gasteiger charge is -2.03. The zero-order valence-corrected chi connectivity index (χ0v) is 24.3. The monoisotopic (exact) mass is 544 g/mol. The molecule has 0 bridgehead atoms. The van der Waals surface area contributed by atoms with Crippen molar-refractivity contribution in [3.05, 3.63) is 49.1 Å². The molecule has 0 amide bonds. The number of pyridine rings is 2. The second-order valence-electron chi connectivity index (χ2n) is 10.3. The van der Waals surface area contributed by atoms with Gasteiger partial charge in [0.15, 0.2) is 24.8 Å². The molecule has 35 heavy (non-hydrogen) atoms. The number of aryl methyl sites for hydroxylation is 2. The smallest absolute Gasteiger partial charge is 0.169 e. The van der Waals surface area contributed by atoms with Crippen LogP contribution in [0.1, 0.15) is 122 Å². The van der Waals surface area contributed by atoms with Crippen LogP contribution in [0.15, 0.2) is 49.1 Å². The summed E-state index contributed by atoms with van der Waals surface area (Å²) >= 11 is 3.51. The summed E-state index contributed by atoms with van der Waals surface area (Å²) in [6, 6.07) is 9.05. The summed E-state index contributed by atoms with van der Waals surface area (Å²) in [6.07, 6.45) is 34.1. The number of unbranched alkanes of at least 4 members (excludes halogenated alkanes) is 16. The van der Waals surface area contributed by atoms with Crippen molar-refractivity contribution < 1.29 is 9.13 Å². The Morgan fingerprint density at radius 2 is 0.771 bits per heavy atom. The van der Waals surface area contributed by atoms with Gasteiger partial charge in [0.2, 0.25) is 0 Å². The highest BCUT2D eigenvalue weighted by Gasteiger charge is 2.06. The molecule has 2 rings (SSSR count). The molecule has 0 fully saturated rings.